The molecule has 0 aromatic rings. The fraction of sp³-hybridized carbons (Fsp3) is 0.938. The number of nitrogens with one attached hydrogen (secondary N) is 1. The minimum atomic E-state index is -2.07. The molecule has 0 saturated carbocycles. The van der Waals surface area contributed by atoms with Gasteiger partial charge < -0.3 is 61.4 Å². The predicted octanol–water partition coefficient (Wildman–Crippen LogP) is -5.90. The lowest BCUT2D eigenvalue weighted by atomic mass is 9.98. The number of hydrogen-bond donors (Lipinski definition) is 10. The Balaban J connectivity index is 2.83. The number of nitrogens with two attached hydrogens (primary N) is 1. The second-order valence-electron chi connectivity index (χ2n) is 6.77. The molecule has 0 spiro atoms. The van der Waals surface area contributed by atoms with Crippen LogP contribution in [0.5, 0.6) is 0 Å². The number of carbonyl (C=O) groups excluding carboxylic acids is 1. The topological polar surface area (TPSA) is 235 Å². The van der Waals surface area contributed by atoms with Crippen molar-refractivity contribution in [3.63, 3.8) is 0 Å². The molecule has 0 aromatic heterocycles. The Labute approximate surface area is 167 Å². The predicted molar refractivity (Wildman–Crippen MR) is 95.0 cm³/mol. The highest BCUT2D eigenvalue weighted by molar-refractivity contribution is 5.81. The fourth-order valence-electron chi connectivity index (χ4n) is 2.76. The molecule has 0 radical (unpaired) electrons. The van der Waals surface area contributed by atoms with Gasteiger partial charge in [-0.3, -0.25) is 4.79 Å². The summed E-state index contributed by atoms with van der Waals surface area (Å²) in [6.07, 6.45) is -15.0. The summed E-state index contributed by atoms with van der Waals surface area (Å²) in [5.41, 5.74) is 5.33. The smallest absolute Gasteiger partial charge is 0.251 e. The zero-order valence-electron chi connectivity index (χ0n) is 15.8. The molecule has 11 N–H and O–H groups in total. The van der Waals surface area contributed by atoms with Gasteiger partial charge in [0.05, 0.1) is 13.2 Å². The third kappa shape index (κ3) is 7.04. The Morgan fingerprint density at radius 2 is 1.72 bits per heavy atom. The molecule has 0 bridgehead atoms. The van der Waals surface area contributed by atoms with Crippen molar-refractivity contribution in [2.24, 2.45) is 5.73 Å². The van der Waals surface area contributed by atoms with E-state index >= 15 is 0 Å². The van der Waals surface area contributed by atoms with E-state index in [2.05, 4.69) is 5.32 Å². The normalized spacial score (nSPS) is 31.7. The van der Waals surface area contributed by atoms with Gasteiger partial charge in [0.2, 0.25) is 0 Å². The first-order chi connectivity index (χ1) is 13.7. The van der Waals surface area contributed by atoms with Gasteiger partial charge in [0.25, 0.3) is 5.91 Å². The minimum absolute atomic E-state index is 0.181. The van der Waals surface area contributed by atoms with E-state index < -0.39 is 74.2 Å². The summed E-state index contributed by atoms with van der Waals surface area (Å²) >= 11 is 0. The van der Waals surface area contributed by atoms with Gasteiger partial charge in [-0.25, -0.2) is 0 Å². The molecule has 1 fully saturated rings. The molecule has 13 heteroatoms. The van der Waals surface area contributed by atoms with Crippen LogP contribution in [0.4, 0.5) is 0 Å². The van der Waals surface area contributed by atoms with Crippen molar-refractivity contribution in [3.8, 4) is 0 Å². The number of carbonyl (C=O) groups is 1. The van der Waals surface area contributed by atoms with E-state index in [4.69, 9.17) is 15.2 Å². The number of amides is 1. The highest BCUT2D eigenvalue weighted by atomic mass is 16.7. The first-order valence-corrected chi connectivity index (χ1v) is 9.28. The van der Waals surface area contributed by atoms with Gasteiger partial charge in [-0.05, 0) is 19.4 Å². The molecule has 0 aromatic carbocycles. The highest BCUT2D eigenvalue weighted by Gasteiger charge is 2.47. The van der Waals surface area contributed by atoms with Crippen molar-refractivity contribution >= 4 is 5.91 Å². The third-order valence-electron chi connectivity index (χ3n) is 4.56. The van der Waals surface area contributed by atoms with E-state index in [0.717, 1.165) is 0 Å². The van der Waals surface area contributed by atoms with Crippen LogP contribution in [0.25, 0.3) is 0 Å². The maximum atomic E-state index is 12.0. The summed E-state index contributed by atoms with van der Waals surface area (Å²) in [5, 5.41) is 80.6. The number of hydrogen-bond acceptors (Lipinski definition) is 12. The van der Waals surface area contributed by atoms with E-state index in [0.29, 0.717) is 19.4 Å². The number of unbranched alkanes of at least 4 members (excludes halogenated alkanes) is 1. The van der Waals surface area contributed by atoms with Gasteiger partial charge >= 0.3 is 0 Å². The monoisotopic (exact) mass is 428 g/mol. The van der Waals surface area contributed by atoms with Crippen LogP contribution in [-0.2, 0) is 14.3 Å². The molecule has 172 valence electrons. The number of aliphatic hydroxyl groups is 8. The third-order valence-corrected chi connectivity index (χ3v) is 4.56. The summed E-state index contributed by atoms with van der Waals surface area (Å²) in [5.74, 6) is -0.970. The molecule has 29 heavy (non-hydrogen) atoms. The zero-order valence-corrected chi connectivity index (χ0v) is 15.8. The van der Waals surface area contributed by atoms with Crippen LogP contribution in [0.15, 0.2) is 0 Å². The van der Waals surface area contributed by atoms with Crippen molar-refractivity contribution in [1.82, 2.24) is 5.32 Å². The van der Waals surface area contributed by atoms with E-state index in [-0.39, 0.29) is 6.54 Å². The molecular formula is C16H32N2O11. The molecule has 1 rings (SSSR count). The summed E-state index contributed by atoms with van der Waals surface area (Å²) in [6.45, 7) is -1.09. The van der Waals surface area contributed by atoms with Gasteiger partial charge in [-0.2, -0.15) is 0 Å². The second-order valence-corrected chi connectivity index (χ2v) is 6.77. The first-order valence-electron chi connectivity index (χ1n) is 9.28. The average molecular weight is 428 g/mol. The summed E-state index contributed by atoms with van der Waals surface area (Å²) in [7, 11) is 0. The Bertz CT molecular complexity index is 484. The Morgan fingerprint density at radius 1 is 1.07 bits per heavy atom. The zero-order chi connectivity index (χ0) is 22.1. The SMILES string of the molecule is NCCCCNC(=O)[C@H](O)[C@@H](O)[C@H](O[C@@H]1O[C@H](CO)[C@H](O)[C@H](O)[C@H]1O)[C@H](O)CO. The van der Waals surface area contributed by atoms with E-state index in [9.17, 15) is 45.6 Å². The van der Waals surface area contributed by atoms with Crippen LogP contribution in [0.2, 0.25) is 0 Å². The molecule has 13 nitrogen and oxygen atoms in total. The van der Waals surface area contributed by atoms with Crippen LogP contribution in [0.3, 0.4) is 0 Å². The van der Waals surface area contributed by atoms with Crippen LogP contribution < -0.4 is 11.1 Å². The average Bonchev–Trinajstić information content (AvgIpc) is 2.72. The van der Waals surface area contributed by atoms with E-state index in [1.165, 1.54) is 0 Å². The van der Waals surface area contributed by atoms with Crippen molar-refractivity contribution in [2.45, 2.75) is 68.0 Å². The van der Waals surface area contributed by atoms with Crippen LogP contribution in [0, 0.1) is 0 Å². The first kappa shape index (κ1) is 26.1. The van der Waals surface area contributed by atoms with Gasteiger partial charge in [-0.15, -0.1) is 0 Å². The lowest BCUT2D eigenvalue weighted by Crippen LogP contribution is -2.62. The summed E-state index contributed by atoms with van der Waals surface area (Å²) < 4.78 is 10.3. The Kier molecular flexibility index (Phi) is 11.4. The molecule has 1 amide bonds. The van der Waals surface area contributed by atoms with Crippen LogP contribution >= 0.6 is 0 Å². The van der Waals surface area contributed by atoms with Crippen molar-refractivity contribution in [3.05, 3.63) is 0 Å². The van der Waals surface area contributed by atoms with Crippen molar-refractivity contribution in [1.29, 1.82) is 0 Å². The summed E-state index contributed by atoms with van der Waals surface area (Å²) in [6, 6.07) is 0. The quantitative estimate of drug-likeness (QED) is 0.131. The molecule has 1 aliphatic rings. The molecule has 1 aliphatic heterocycles. The van der Waals surface area contributed by atoms with Crippen LogP contribution in [-0.4, -0.2) is 128 Å². The Hall–Kier alpha value is -0.970. The lowest BCUT2D eigenvalue weighted by molar-refractivity contribution is -0.326. The maximum absolute atomic E-state index is 12.0. The minimum Gasteiger partial charge on any atom is -0.394 e. The fourth-order valence-corrected chi connectivity index (χ4v) is 2.76. The van der Waals surface area contributed by atoms with E-state index in [1.54, 1.807) is 0 Å². The second kappa shape index (κ2) is 12.7. The van der Waals surface area contributed by atoms with Gasteiger partial charge in [-0.1, -0.05) is 0 Å². The molecule has 1 heterocycles. The van der Waals surface area contributed by atoms with Gasteiger partial charge in [0.15, 0.2) is 12.4 Å². The molecule has 0 aliphatic carbocycles. The molecular weight excluding hydrogens is 396 g/mol. The van der Waals surface area contributed by atoms with Crippen LogP contribution in [0.1, 0.15) is 12.8 Å². The molecule has 9 atom stereocenters. The summed E-state index contributed by atoms with van der Waals surface area (Å²) in [4.78, 5) is 12.0. The van der Waals surface area contributed by atoms with Crippen molar-refractivity contribution < 1.29 is 55.1 Å². The Morgan fingerprint density at radius 3 is 2.28 bits per heavy atom. The standard InChI is InChI=1S/C16H32N2O11/c17-3-1-2-4-18-15(27)12(25)11(24)14(7(21)5-19)29-16-13(26)10(23)9(22)8(6-20)28-16/h7-14,16,19-26H,1-6,17H2,(H,18,27)/t7-,8-,9+,10+,11-,12-,13-,14-,16+/m1/s1. The largest absolute Gasteiger partial charge is 0.394 e. The van der Waals surface area contributed by atoms with Gasteiger partial charge in [0.1, 0.15) is 42.7 Å². The van der Waals surface area contributed by atoms with Crippen molar-refractivity contribution in [2.75, 3.05) is 26.3 Å². The highest BCUT2D eigenvalue weighted by Crippen LogP contribution is 2.25. The molecule has 1 saturated heterocycles. The lowest BCUT2D eigenvalue weighted by Gasteiger charge is -2.42. The maximum Gasteiger partial charge on any atom is 0.251 e. The van der Waals surface area contributed by atoms with E-state index in [1.807, 2.05) is 0 Å². The number of aliphatic hydroxyl groups excluding tert-OH is 8. The van der Waals surface area contributed by atoms with Gasteiger partial charge in [0, 0.05) is 6.54 Å². The number of rotatable bonds is 12. The molecule has 0 unspecified atom stereocenters. The number of ether oxygens (including phenoxy) is 2.